The second kappa shape index (κ2) is 5.58. The third kappa shape index (κ3) is 2.76. The van der Waals surface area contributed by atoms with Crippen molar-refractivity contribution in [3.8, 4) is 0 Å². The number of carboxylic acid groups (broad SMARTS) is 2. The van der Waals surface area contributed by atoms with Gasteiger partial charge in [-0.2, -0.15) is 13.2 Å². The zero-order valence-electron chi connectivity index (χ0n) is 10.4. The summed E-state index contributed by atoms with van der Waals surface area (Å²) >= 11 is 0. The van der Waals surface area contributed by atoms with E-state index >= 15 is 0 Å². The second-order valence-electron chi connectivity index (χ2n) is 4.26. The van der Waals surface area contributed by atoms with Crippen molar-refractivity contribution in [2.45, 2.75) is 39.8 Å². The van der Waals surface area contributed by atoms with Crippen LogP contribution in [0.1, 0.15) is 33.6 Å². The van der Waals surface area contributed by atoms with Crippen LogP contribution in [0.15, 0.2) is 0 Å². The van der Waals surface area contributed by atoms with Crippen molar-refractivity contribution in [2.24, 2.45) is 17.3 Å². The van der Waals surface area contributed by atoms with E-state index in [0.29, 0.717) is 0 Å². The Hall–Kier alpha value is -1.27. The van der Waals surface area contributed by atoms with Crippen LogP contribution in [0.25, 0.3) is 0 Å². The summed E-state index contributed by atoms with van der Waals surface area (Å²) in [5.74, 6) is -7.04. The molecule has 0 fully saturated rings. The molecule has 0 aliphatic heterocycles. The minimum atomic E-state index is -4.75. The first-order valence-electron chi connectivity index (χ1n) is 5.58. The number of carboxylic acids is 2. The minimum Gasteiger partial charge on any atom is -0.481 e. The Morgan fingerprint density at radius 2 is 1.61 bits per heavy atom. The summed E-state index contributed by atoms with van der Waals surface area (Å²) in [7, 11) is 0. The smallest absolute Gasteiger partial charge is 0.392 e. The number of alkyl halides is 3. The molecular weight excluding hydrogens is 253 g/mol. The van der Waals surface area contributed by atoms with Gasteiger partial charge in [-0.3, -0.25) is 9.59 Å². The Kier molecular flexibility index (Phi) is 5.19. The predicted octanol–water partition coefficient (Wildman–Crippen LogP) is 2.78. The summed E-state index contributed by atoms with van der Waals surface area (Å²) in [5, 5.41) is 18.1. The molecule has 0 spiro atoms. The van der Waals surface area contributed by atoms with Crippen molar-refractivity contribution in [1.82, 2.24) is 0 Å². The maximum Gasteiger partial charge on any atom is 0.392 e. The first-order chi connectivity index (χ1) is 8.05. The highest BCUT2D eigenvalue weighted by atomic mass is 19.4. The zero-order chi connectivity index (χ0) is 14.7. The number of aliphatic carboxylic acids is 2. The Bertz CT molecular complexity index is 327. The molecule has 0 aliphatic rings. The number of carbonyl (C=O) groups is 2. The molecule has 2 N–H and O–H groups in total. The van der Waals surface area contributed by atoms with Gasteiger partial charge < -0.3 is 10.2 Å². The molecule has 0 aromatic carbocycles. The molecule has 7 heteroatoms. The summed E-state index contributed by atoms with van der Waals surface area (Å²) in [6.45, 7) is 3.36. The van der Waals surface area contributed by atoms with Gasteiger partial charge >= 0.3 is 18.1 Å². The molecule has 106 valence electrons. The molecule has 18 heavy (non-hydrogen) atoms. The van der Waals surface area contributed by atoms with E-state index in [1.54, 1.807) is 0 Å². The van der Waals surface area contributed by atoms with E-state index in [9.17, 15) is 22.8 Å². The maximum atomic E-state index is 12.8. The van der Waals surface area contributed by atoms with E-state index in [1.807, 2.05) is 0 Å². The van der Waals surface area contributed by atoms with Crippen LogP contribution >= 0.6 is 0 Å². The average Bonchev–Trinajstić information content (AvgIpc) is 2.22. The molecule has 0 aromatic rings. The largest absolute Gasteiger partial charge is 0.481 e. The quantitative estimate of drug-likeness (QED) is 0.778. The van der Waals surface area contributed by atoms with Crippen LogP contribution in [-0.4, -0.2) is 28.3 Å². The van der Waals surface area contributed by atoms with Crippen LogP contribution in [0.5, 0.6) is 0 Å². The monoisotopic (exact) mass is 270 g/mol. The fourth-order valence-corrected chi connectivity index (χ4v) is 2.39. The van der Waals surface area contributed by atoms with E-state index in [2.05, 4.69) is 0 Å². The number of hydrogen-bond donors (Lipinski definition) is 2. The molecule has 0 amide bonds. The molecule has 4 nitrogen and oxygen atoms in total. The second-order valence-corrected chi connectivity index (χ2v) is 4.26. The van der Waals surface area contributed by atoms with Gasteiger partial charge in [0, 0.05) is 0 Å². The van der Waals surface area contributed by atoms with Crippen molar-refractivity contribution in [1.29, 1.82) is 0 Å². The lowest BCUT2D eigenvalue weighted by Crippen LogP contribution is -2.51. The summed E-state index contributed by atoms with van der Waals surface area (Å²) in [6.07, 6.45) is -5.32. The van der Waals surface area contributed by atoms with Crippen LogP contribution in [0.2, 0.25) is 0 Å². The van der Waals surface area contributed by atoms with Crippen LogP contribution in [0.3, 0.4) is 0 Å². The molecule has 0 aliphatic carbocycles. The molecule has 0 bridgehead atoms. The van der Waals surface area contributed by atoms with Crippen molar-refractivity contribution < 1.29 is 33.0 Å². The third-order valence-corrected chi connectivity index (χ3v) is 3.58. The van der Waals surface area contributed by atoms with Crippen LogP contribution in [0.4, 0.5) is 13.2 Å². The number of hydrogen-bond acceptors (Lipinski definition) is 2. The lowest BCUT2D eigenvalue weighted by molar-refractivity contribution is -0.222. The maximum absolute atomic E-state index is 12.8. The Morgan fingerprint density at radius 3 is 1.78 bits per heavy atom. The fraction of sp³-hybridized carbons (Fsp3) is 0.818. The van der Waals surface area contributed by atoms with Gasteiger partial charge in [-0.05, 0) is 12.8 Å². The first kappa shape index (κ1) is 16.7. The molecule has 0 saturated carbocycles. The van der Waals surface area contributed by atoms with Gasteiger partial charge in [-0.1, -0.05) is 20.8 Å². The molecular formula is C11H17F3O4. The molecule has 3 atom stereocenters. The average molecular weight is 270 g/mol. The van der Waals surface area contributed by atoms with Crippen molar-refractivity contribution in [3.63, 3.8) is 0 Å². The molecule has 0 radical (unpaired) electrons. The molecule has 0 rings (SSSR count). The molecule has 0 aromatic heterocycles. The van der Waals surface area contributed by atoms with Gasteiger partial charge in [-0.25, -0.2) is 0 Å². The van der Waals surface area contributed by atoms with Crippen molar-refractivity contribution >= 4 is 11.9 Å². The fourth-order valence-electron chi connectivity index (χ4n) is 2.39. The highest BCUT2D eigenvalue weighted by Crippen LogP contribution is 2.48. The van der Waals surface area contributed by atoms with E-state index in [1.165, 1.54) is 13.8 Å². The lowest BCUT2D eigenvalue weighted by Gasteiger charge is -2.39. The normalized spacial score (nSPS) is 18.8. The van der Waals surface area contributed by atoms with Gasteiger partial charge in [0.2, 0.25) is 0 Å². The van der Waals surface area contributed by atoms with Crippen LogP contribution in [-0.2, 0) is 9.59 Å². The molecule has 0 heterocycles. The predicted molar refractivity (Wildman–Crippen MR) is 57.0 cm³/mol. The van der Waals surface area contributed by atoms with Gasteiger partial charge in [0.25, 0.3) is 0 Å². The highest BCUT2D eigenvalue weighted by Gasteiger charge is 2.59. The molecule has 0 saturated heterocycles. The van der Waals surface area contributed by atoms with E-state index < -0.39 is 41.8 Å². The Morgan fingerprint density at radius 1 is 1.17 bits per heavy atom. The summed E-state index contributed by atoms with van der Waals surface area (Å²) in [5.41, 5.74) is -2.33. The third-order valence-electron chi connectivity index (χ3n) is 3.58. The van der Waals surface area contributed by atoms with Gasteiger partial charge in [0.15, 0.2) is 0 Å². The Balaban J connectivity index is 5.85. The van der Waals surface area contributed by atoms with Gasteiger partial charge in [-0.15, -0.1) is 0 Å². The topological polar surface area (TPSA) is 74.6 Å². The Labute approximate surface area is 103 Å². The van der Waals surface area contributed by atoms with Gasteiger partial charge in [0.1, 0.15) is 0 Å². The summed E-state index contributed by atoms with van der Waals surface area (Å²) in [4.78, 5) is 22.3. The summed E-state index contributed by atoms with van der Waals surface area (Å²) in [6, 6.07) is 0. The zero-order valence-corrected chi connectivity index (χ0v) is 10.4. The lowest BCUT2D eigenvalue weighted by atomic mass is 9.64. The summed E-state index contributed by atoms with van der Waals surface area (Å²) < 4.78 is 38.4. The minimum absolute atomic E-state index is 0.171. The molecule has 3 unspecified atom stereocenters. The van der Waals surface area contributed by atoms with E-state index in [4.69, 9.17) is 10.2 Å². The van der Waals surface area contributed by atoms with E-state index in [-0.39, 0.29) is 6.42 Å². The van der Waals surface area contributed by atoms with Crippen LogP contribution < -0.4 is 0 Å². The van der Waals surface area contributed by atoms with Gasteiger partial charge in [0.05, 0.1) is 17.3 Å². The first-order valence-corrected chi connectivity index (χ1v) is 5.58. The standard InChI is InChI=1S/C11H17F3O4/c1-4-7(8(15)16)10(5-2,9(17)18)6(3)11(12,13)14/h6-7H,4-5H2,1-3H3,(H,15,16)(H,17,18). The highest BCUT2D eigenvalue weighted by molar-refractivity contribution is 5.83. The van der Waals surface area contributed by atoms with E-state index in [0.717, 1.165) is 6.92 Å². The number of halogens is 3. The van der Waals surface area contributed by atoms with Crippen molar-refractivity contribution in [2.75, 3.05) is 0 Å². The van der Waals surface area contributed by atoms with Crippen LogP contribution in [0, 0.1) is 17.3 Å². The SMILES string of the molecule is CCC(C(=O)O)C(CC)(C(=O)O)C(C)C(F)(F)F. The van der Waals surface area contributed by atoms with Crippen molar-refractivity contribution in [3.05, 3.63) is 0 Å². The number of rotatable bonds is 6.